The number of hydrogen-bond acceptors (Lipinski definition) is 4. The number of benzene rings is 2. The summed E-state index contributed by atoms with van der Waals surface area (Å²) in [5, 5.41) is 12.3. The highest BCUT2D eigenvalue weighted by Gasteiger charge is 2.44. The number of carbonyl (C=O) groups excluding carboxylic acids is 1. The van der Waals surface area contributed by atoms with Crippen molar-refractivity contribution in [3.05, 3.63) is 58.1 Å². The number of hydrogen-bond donors (Lipinski definition) is 2. The standard InChI is InChI=1S/C33H43ClN2O3S/c1-21-6-4-8-30(37)27-12-9-25(27)18-36-19-33(15-5-7-23-16-26(34)11-13-28(23)33)20-39-31-14-10-24(17-29(31)36)32(38)35-40(3)22(21)2/h10-11,13-14,16-17,21-22,25,27,30,37H,3-9,12,15,18-20H2,1-2H3,(H,35,38)/t21?,22?,25?,27?,30?,33-,40?/m0/s1. The van der Waals surface area contributed by atoms with Gasteiger partial charge < -0.3 is 19.5 Å². The van der Waals surface area contributed by atoms with Crippen molar-refractivity contribution in [1.29, 1.82) is 0 Å². The quantitative estimate of drug-likeness (QED) is 0.337. The molecular weight excluding hydrogens is 540 g/mol. The molecule has 2 aliphatic heterocycles. The van der Waals surface area contributed by atoms with Crippen LogP contribution >= 0.6 is 22.3 Å². The number of aliphatic hydroxyl groups excluding tert-OH is 1. The van der Waals surface area contributed by atoms with Gasteiger partial charge in [-0.25, -0.2) is 0 Å². The maximum atomic E-state index is 13.5. The zero-order chi connectivity index (χ0) is 28.0. The molecule has 2 heterocycles. The Morgan fingerprint density at radius 1 is 1.12 bits per heavy atom. The Morgan fingerprint density at radius 3 is 2.77 bits per heavy atom. The predicted molar refractivity (Wildman–Crippen MR) is 167 cm³/mol. The van der Waals surface area contributed by atoms with Gasteiger partial charge in [0, 0.05) is 34.3 Å². The zero-order valence-electron chi connectivity index (χ0n) is 23.8. The molecule has 2 aromatic rings. The molecule has 7 heteroatoms. The average molecular weight is 583 g/mol. The fourth-order valence-corrected chi connectivity index (χ4v) is 8.95. The Hall–Kier alpha value is -2.02. The van der Waals surface area contributed by atoms with Crippen LogP contribution in [0.5, 0.6) is 5.75 Å². The molecule has 2 N–H and O–H groups in total. The number of amides is 1. The summed E-state index contributed by atoms with van der Waals surface area (Å²) >= 11 is 6.41. The number of rotatable bonds is 0. The van der Waals surface area contributed by atoms with E-state index < -0.39 is 10.7 Å². The summed E-state index contributed by atoms with van der Waals surface area (Å²) in [5.41, 5.74) is 4.16. The summed E-state index contributed by atoms with van der Waals surface area (Å²) in [5.74, 6) is 6.29. The summed E-state index contributed by atoms with van der Waals surface area (Å²) < 4.78 is 9.82. The fourth-order valence-electron chi connectivity index (χ4n) is 7.52. The summed E-state index contributed by atoms with van der Waals surface area (Å²) in [6.07, 6.45) is 8.04. The van der Waals surface area contributed by atoms with E-state index in [0.717, 1.165) is 80.9 Å². The summed E-state index contributed by atoms with van der Waals surface area (Å²) in [7, 11) is -0.496. The van der Waals surface area contributed by atoms with Gasteiger partial charge in [-0.3, -0.25) is 4.79 Å². The van der Waals surface area contributed by atoms with Gasteiger partial charge in [0.05, 0.1) is 18.4 Å². The van der Waals surface area contributed by atoms with Crippen LogP contribution in [0.25, 0.3) is 0 Å². The third kappa shape index (κ3) is 5.32. The van der Waals surface area contributed by atoms with Crippen molar-refractivity contribution in [3.63, 3.8) is 0 Å². The molecule has 1 spiro atoms. The lowest BCUT2D eigenvalue weighted by atomic mass is 9.68. The minimum absolute atomic E-state index is 0.0687. The van der Waals surface area contributed by atoms with Gasteiger partial charge in [0.2, 0.25) is 0 Å². The minimum atomic E-state index is -0.496. The van der Waals surface area contributed by atoms with E-state index in [1.165, 1.54) is 11.1 Å². The lowest BCUT2D eigenvalue weighted by molar-refractivity contribution is 0.00858. The molecule has 40 heavy (non-hydrogen) atoms. The van der Waals surface area contributed by atoms with E-state index in [0.29, 0.717) is 29.9 Å². The van der Waals surface area contributed by atoms with Crippen LogP contribution in [0.1, 0.15) is 80.3 Å². The highest BCUT2D eigenvalue weighted by atomic mass is 35.5. The van der Waals surface area contributed by atoms with Crippen LogP contribution in [0, 0.1) is 17.8 Å². The topological polar surface area (TPSA) is 61.8 Å². The highest BCUT2D eigenvalue weighted by Crippen LogP contribution is 2.47. The van der Waals surface area contributed by atoms with E-state index in [1.807, 2.05) is 24.3 Å². The normalized spacial score (nSPS) is 34.5. The Labute approximate surface area is 246 Å². The number of carbonyl (C=O) groups is 1. The van der Waals surface area contributed by atoms with Crippen LogP contribution in [-0.2, 0) is 11.8 Å². The second-order valence-corrected chi connectivity index (χ2v) is 15.1. The summed E-state index contributed by atoms with van der Waals surface area (Å²) in [6, 6.07) is 12.2. The number of aliphatic hydroxyl groups is 1. The number of fused-ring (bicyclic) bond motifs is 4. The maximum absolute atomic E-state index is 13.5. The third-order valence-electron chi connectivity index (χ3n) is 10.4. The zero-order valence-corrected chi connectivity index (χ0v) is 25.4. The van der Waals surface area contributed by atoms with Gasteiger partial charge in [-0.1, -0.05) is 54.5 Å². The first kappa shape index (κ1) is 28.1. The van der Waals surface area contributed by atoms with Gasteiger partial charge in [0.15, 0.2) is 0 Å². The number of nitrogens with one attached hydrogen (secondary N) is 1. The van der Waals surface area contributed by atoms with Crippen molar-refractivity contribution in [2.24, 2.45) is 17.8 Å². The number of nitrogens with zero attached hydrogens (tertiary/aromatic N) is 1. The first-order chi connectivity index (χ1) is 19.2. The van der Waals surface area contributed by atoms with Crippen LogP contribution in [0.15, 0.2) is 36.4 Å². The molecule has 5 nitrogen and oxygen atoms in total. The average Bonchev–Trinajstić information content (AvgIpc) is 3.07. The van der Waals surface area contributed by atoms with E-state index in [9.17, 15) is 9.90 Å². The Morgan fingerprint density at radius 2 is 1.98 bits per heavy atom. The second-order valence-electron chi connectivity index (χ2n) is 12.8. The maximum Gasteiger partial charge on any atom is 0.260 e. The Balaban J connectivity index is 1.39. The van der Waals surface area contributed by atoms with Crippen molar-refractivity contribution in [1.82, 2.24) is 4.72 Å². The molecule has 2 aromatic carbocycles. The Bertz CT molecular complexity index is 1300. The molecule has 7 atom stereocenters. The second kappa shape index (κ2) is 11.3. The van der Waals surface area contributed by atoms with Crippen LogP contribution in [0.3, 0.4) is 0 Å². The number of ether oxygens (including phenoxy) is 1. The molecule has 2 aliphatic carbocycles. The highest BCUT2D eigenvalue weighted by molar-refractivity contribution is 8.13. The van der Waals surface area contributed by atoms with Crippen LogP contribution < -0.4 is 14.4 Å². The molecule has 0 aromatic heterocycles. The molecule has 2 bridgehead atoms. The van der Waals surface area contributed by atoms with Crippen molar-refractivity contribution in [2.45, 2.75) is 82.0 Å². The molecule has 6 unspecified atom stereocenters. The smallest absolute Gasteiger partial charge is 0.260 e. The predicted octanol–water partition coefficient (Wildman–Crippen LogP) is 6.75. The van der Waals surface area contributed by atoms with Gasteiger partial charge in [-0.15, -0.1) is 0 Å². The van der Waals surface area contributed by atoms with Crippen molar-refractivity contribution >= 4 is 39.7 Å². The summed E-state index contributed by atoms with van der Waals surface area (Å²) in [4.78, 5) is 15.9. The van der Waals surface area contributed by atoms with Gasteiger partial charge in [-0.2, -0.15) is 0 Å². The molecule has 1 amide bonds. The van der Waals surface area contributed by atoms with E-state index in [2.05, 4.69) is 41.5 Å². The number of aryl methyl sites for hydroxylation is 1. The molecular formula is C33H43ClN2O3S. The third-order valence-corrected chi connectivity index (χ3v) is 12.4. The molecule has 4 aliphatic rings. The molecule has 1 saturated carbocycles. The lowest BCUT2D eigenvalue weighted by Gasteiger charge is -2.46. The molecule has 0 saturated heterocycles. The van der Waals surface area contributed by atoms with E-state index in [4.69, 9.17) is 16.3 Å². The van der Waals surface area contributed by atoms with Gasteiger partial charge in [-0.05, 0) is 104 Å². The number of halogens is 1. The monoisotopic (exact) mass is 582 g/mol. The summed E-state index contributed by atoms with van der Waals surface area (Å²) in [6.45, 7) is 6.72. The largest absolute Gasteiger partial charge is 0.490 e. The lowest BCUT2D eigenvalue weighted by Crippen LogP contribution is -2.49. The first-order valence-electron chi connectivity index (χ1n) is 15.1. The van der Waals surface area contributed by atoms with E-state index >= 15 is 0 Å². The van der Waals surface area contributed by atoms with Crippen LogP contribution in [-0.4, -0.2) is 47.9 Å². The van der Waals surface area contributed by atoms with E-state index in [-0.39, 0.29) is 22.7 Å². The van der Waals surface area contributed by atoms with Crippen molar-refractivity contribution in [2.75, 3.05) is 24.6 Å². The SMILES string of the molecule is C=S1NC(=O)c2ccc3c(c2)N(CC2CCC2C(O)CCCC(C)C1C)C[C@@]1(CCCc2cc(Cl)ccc21)CO3. The van der Waals surface area contributed by atoms with Crippen LogP contribution in [0.4, 0.5) is 5.69 Å². The fraction of sp³-hybridized carbons (Fsp3) is 0.576. The minimum Gasteiger partial charge on any atom is -0.490 e. The molecule has 6 rings (SSSR count). The van der Waals surface area contributed by atoms with Crippen molar-refractivity contribution in [3.8, 4) is 5.75 Å². The van der Waals surface area contributed by atoms with Crippen molar-refractivity contribution < 1.29 is 14.6 Å². The van der Waals surface area contributed by atoms with E-state index in [1.54, 1.807) is 0 Å². The van der Waals surface area contributed by atoms with Gasteiger partial charge in [0.1, 0.15) is 5.75 Å². The van der Waals surface area contributed by atoms with Crippen LogP contribution in [0.2, 0.25) is 5.02 Å². The Kier molecular flexibility index (Phi) is 7.97. The number of anilines is 1. The van der Waals surface area contributed by atoms with Gasteiger partial charge >= 0.3 is 0 Å². The molecule has 1 fully saturated rings. The molecule has 0 radical (unpaired) electrons. The first-order valence-corrected chi connectivity index (χ1v) is 16.9. The van der Waals surface area contributed by atoms with Gasteiger partial charge in [0.25, 0.3) is 5.91 Å². The molecule has 216 valence electrons.